The number of alkyl halides is 2. The van der Waals surface area contributed by atoms with E-state index in [-0.39, 0.29) is 24.4 Å². The highest BCUT2D eigenvalue weighted by Crippen LogP contribution is 2.52. The van der Waals surface area contributed by atoms with Gasteiger partial charge in [-0.25, -0.2) is 13.8 Å². The maximum Gasteiger partial charge on any atom is 0.254 e. The molecule has 3 aliphatic heterocycles. The molecule has 0 spiro atoms. The second-order valence-corrected chi connectivity index (χ2v) is 10.3. The van der Waals surface area contributed by atoms with Gasteiger partial charge in [-0.05, 0) is 49.1 Å². The van der Waals surface area contributed by atoms with E-state index in [0.29, 0.717) is 6.54 Å². The molecule has 4 heterocycles. The number of anilines is 2. The van der Waals surface area contributed by atoms with Crippen LogP contribution in [0.15, 0.2) is 48.5 Å². The molecule has 1 saturated carbocycles. The first-order chi connectivity index (χ1) is 15.4. The Morgan fingerprint density at radius 3 is 2.69 bits per heavy atom. The molecule has 2 bridgehead atoms. The number of fused-ring (bicyclic) bond motifs is 3. The summed E-state index contributed by atoms with van der Waals surface area (Å²) in [5.41, 5.74) is 3.71. The Bertz CT molecular complexity index is 1110. The lowest BCUT2D eigenvalue weighted by molar-refractivity contribution is 0.0692. The van der Waals surface area contributed by atoms with Crippen molar-refractivity contribution in [2.75, 3.05) is 22.2 Å². The number of nitrogens with zero attached hydrogens (tertiary/aromatic N) is 4. The summed E-state index contributed by atoms with van der Waals surface area (Å²) < 4.78 is 30.7. The first-order valence-electron chi connectivity index (χ1n) is 11.1. The van der Waals surface area contributed by atoms with Crippen LogP contribution in [0, 0.1) is 5.92 Å². The Balaban J connectivity index is 1.24. The van der Waals surface area contributed by atoms with Crippen LogP contribution in [0.4, 0.5) is 20.3 Å². The van der Waals surface area contributed by atoms with Gasteiger partial charge in [0.05, 0.1) is 29.6 Å². The first kappa shape index (κ1) is 20.0. The lowest BCUT2D eigenvalue weighted by Gasteiger charge is -2.34. The summed E-state index contributed by atoms with van der Waals surface area (Å²) in [7, 11) is 1.92. The highest BCUT2D eigenvalue weighted by atomic mass is 32.2. The molecule has 3 atom stereocenters. The van der Waals surface area contributed by atoms with Crippen molar-refractivity contribution in [2.45, 2.75) is 43.7 Å². The molecule has 5 nitrogen and oxygen atoms in total. The van der Waals surface area contributed by atoms with E-state index in [2.05, 4.69) is 6.08 Å². The van der Waals surface area contributed by atoms with Gasteiger partial charge in [0.1, 0.15) is 0 Å². The topological polar surface area (TPSA) is 39.7 Å². The van der Waals surface area contributed by atoms with Gasteiger partial charge >= 0.3 is 0 Å². The van der Waals surface area contributed by atoms with Crippen LogP contribution < -0.4 is 8.61 Å². The number of carbonyl (C=O) groups is 1. The molecule has 3 unspecified atom stereocenters. The zero-order chi connectivity index (χ0) is 22.0. The van der Waals surface area contributed by atoms with E-state index < -0.39 is 11.8 Å². The van der Waals surface area contributed by atoms with Crippen LogP contribution in [0.5, 0.6) is 0 Å². The van der Waals surface area contributed by atoms with Gasteiger partial charge in [-0.2, -0.15) is 0 Å². The summed E-state index contributed by atoms with van der Waals surface area (Å²) in [4.78, 5) is 20.0. The van der Waals surface area contributed by atoms with Gasteiger partial charge in [0, 0.05) is 37.5 Å². The van der Waals surface area contributed by atoms with Gasteiger partial charge in [0.25, 0.3) is 11.8 Å². The van der Waals surface area contributed by atoms with Crippen molar-refractivity contribution in [3.8, 4) is 0 Å². The molecule has 1 amide bonds. The molecule has 1 aromatic carbocycles. The first-order valence-corrected chi connectivity index (χ1v) is 11.8. The predicted molar refractivity (Wildman–Crippen MR) is 123 cm³/mol. The van der Waals surface area contributed by atoms with E-state index in [0.717, 1.165) is 42.0 Å². The molecule has 1 saturated heterocycles. The van der Waals surface area contributed by atoms with Crippen LogP contribution in [-0.4, -0.2) is 47.4 Å². The third kappa shape index (κ3) is 3.27. The van der Waals surface area contributed by atoms with Crippen molar-refractivity contribution < 1.29 is 13.6 Å². The van der Waals surface area contributed by atoms with Gasteiger partial charge in [-0.1, -0.05) is 24.3 Å². The maximum absolute atomic E-state index is 13.4. The van der Waals surface area contributed by atoms with E-state index >= 15 is 0 Å². The smallest absolute Gasteiger partial charge is 0.254 e. The van der Waals surface area contributed by atoms with Crippen LogP contribution in [0.3, 0.4) is 0 Å². The zero-order valence-corrected chi connectivity index (χ0v) is 18.6. The standard InChI is InChI=1S/C24H24F2N4OS/c1-28-22-21(29(32-28)14-17-13-24(17,25)26)10-9-20(27-22)16-11-18-7-8-19(12-16)30(18)23(31)15-5-3-2-4-6-15/h2-6,9-11,17-19H,7-8,12-14H2,1H3. The van der Waals surface area contributed by atoms with E-state index in [1.165, 1.54) is 17.7 Å². The normalized spacial score (nSPS) is 27.4. The summed E-state index contributed by atoms with van der Waals surface area (Å²) in [5, 5.41) is 0. The van der Waals surface area contributed by atoms with E-state index in [1.54, 1.807) is 0 Å². The number of halogens is 2. The number of pyridine rings is 1. The van der Waals surface area contributed by atoms with E-state index in [9.17, 15) is 13.6 Å². The number of benzene rings is 1. The zero-order valence-electron chi connectivity index (χ0n) is 17.7. The van der Waals surface area contributed by atoms with Crippen LogP contribution >= 0.6 is 12.1 Å². The van der Waals surface area contributed by atoms with Gasteiger partial charge in [-0.3, -0.25) is 13.4 Å². The fourth-order valence-corrected chi connectivity index (χ4v) is 6.13. The molecule has 32 heavy (non-hydrogen) atoms. The minimum absolute atomic E-state index is 0.0253. The third-order valence-electron chi connectivity index (χ3n) is 6.96. The lowest BCUT2D eigenvalue weighted by atomic mass is 9.97. The monoisotopic (exact) mass is 454 g/mol. The number of aromatic nitrogens is 1. The Morgan fingerprint density at radius 1 is 1.19 bits per heavy atom. The van der Waals surface area contributed by atoms with Crippen molar-refractivity contribution in [3.05, 3.63) is 59.8 Å². The fraction of sp³-hybridized carbons (Fsp3) is 0.417. The molecule has 0 radical (unpaired) electrons. The van der Waals surface area contributed by atoms with Gasteiger partial charge in [0.2, 0.25) is 0 Å². The maximum atomic E-state index is 13.4. The number of hydrogen-bond donors (Lipinski definition) is 0. The van der Waals surface area contributed by atoms with Crippen molar-refractivity contribution >= 4 is 35.1 Å². The number of amides is 1. The Kier molecular flexibility index (Phi) is 4.51. The number of carbonyl (C=O) groups excluding carboxylic acids is 1. The quantitative estimate of drug-likeness (QED) is 0.607. The van der Waals surface area contributed by atoms with Crippen molar-refractivity contribution in [1.29, 1.82) is 0 Å². The van der Waals surface area contributed by atoms with E-state index in [1.807, 2.05) is 63.0 Å². The molecule has 1 aromatic heterocycles. The minimum atomic E-state index is -2.52. The average Bonchev–Trinajstić information content (AvgIpc) is 3.15. The summed E-state index contributed by atoms with van der Waals surface area (Å²) in [6.45, 7) is 0.333. The van der Waals surface area contributed by atoms with Gasteiger partial charge in [-0.15, -0.1) is 0 Å². The molecule has 166 valence electrons. The summed E-state index contributed by atoms with van der Waals surface area (Å²) in [5.74, 6) is -2.19. The highest BCUT2D eigenvalue weighted by molar-refractivity contribution is 8.02. The van der Waals surface area contributed by atoms with E-state index in [4.69, 9.17) is 4.98 Å². The molecular weight excluding hydrogens is 430 g/mol. The Morgan fingerprint density at radius 2 is 1.97 bits per heavy atom. The molecule has 2 aromatic rings. The van der Waals surface area contributed by atoms with Crippen molar-refractivity contribution in [2.24, 2.45) is 5.92 Å². The average molecular weight is 455 g/mol. The SMILES string of the molecule is CN1SN(CC2CC2(F)F)c2ccc(C3=CC4CCC(C3)N4C(=O)c3ccccc3)nc21. The summed E-state index contributed by atoms with van der Waals surface area (Å²) >= 11 is 1.43. The number of rotatable bonds is 4. The minimum Gasteiger partial charge on any atom is -0.329 e. The van der Waals surface area contributed by atoms with Crippen LogP contribution in [0.25, 0.3) is 5.57 Å². The summed E-state index contributed by atoms with van der Waals surface area (Å²) in [6.07, 6.45) is 4.92. The Hall–Kier alpha value is -2.61. The highest BCUT2D eigenvalue weighted by Gasteiger charge is 2.57. The van der Waals surface area contributed by atoms with Crippen LogP contribution in [0.2, 0.25) is 0 Å². The second kappa shape index (κ2) is 7.20. The summed E-state index contributed by atoms with van der Waals surface area (Å²) in [6, 6.07) is 13.7. The van der Waals surface area contributed by atoms with Crippen molar-refractivity contribution in [1.82, 2.24) is 9.88 Å². The molecule has 2 fully saturated rings. The third-order valence-corrected chi connectivity index (χ3v) is 7.92. The van der Waals surface area contributed by atoms with Gasteiger partial charge < -0.3 is 4.90 Å². The molecule has 6 rings (SSSR count). The molecule has 1 aliphatic carbocycles. The van der Waals surface area contributed by atoms with Crippen LogP contribution in [-0.2, 0) is 0 Å². The Labute approximate surface area is 190 Å². The molecule has 8 heteroatoms. The van der Waals surface area contributed by atoms with Crippen molar-refractivity contribution in [3.63, 3.8) is 0 Å². The van der Waals surface area contributed by atoms with Gasteiger partial charge in [0.15, 0.2) is 5.82 Å². The number of hydrogen-bond acceptors (Lipinski definition) is 5. The molecular formula is C24H24F2N4OS. The predicted octanol–water partition coefficient (Wildman–Crippen LogP) is 5.02. The molecule has 0 N–H and O–H groups in total. The largest absolute Gasteiger partial charge is 0.329 e. The molecule has 4 aliphatic rings. The fourth-order valence-electron chi connectivity index (χ4n) is 5.14. The lowest BCUT2D eigenvalue weighted by Crippen LogP contribution is -2.43. The second-order valence-electron chi connectivity index (χ2n) is 9.11. The van der Waals surface area contributed by atoms with Crippen LogP contribution in [0.1, 0.15) is 41.7 Å².